The number of aromatic hydroxyl groups is 1. The summed E-state index contributed by atoms with van der Waals surface area (Å²) in [6.45, 7) is 3.81. The molecule has 2 nitrogen and oxygen atoms in total. The van der Waals surface area contributed by atoms with Gasteiger partial charge in [0.05, 0.1) is 11.1 Å². The van der Waals surface area contributed by atoms with Gasteiger partial charge in [0, 0.05) is 11.3 Å². The summed E-state index contributed by atoms with van der Waals surface area (Å²) in [5.41, 5.74) is 2.38. The molecule has 0 aliphatic rings. The zero-order chi connectivity index (χ0) is 14.0. The molecule has 0 radical (unpaired) electrons. The van der Waals surface area contributed by atoms with Gasteiger partial charge >= 0.3 is 0 Å². The summed E-state index contributed by atoms with van der Waals surface area (Å²) in [6.07, 6.45) is 0. The average molecular weight is 280 g/mol. The SMILES string of the molecule is Cc1ccc(C(C)Nc2ccc(Cl)c(F)c2)c(O)c1. The van der Waals surface area contributed by atoms with E-state index in [0.717, 1.165) is 11.1 Å². The van der Waals surface area contributed by atoms with Gasteiger partial charge in [0.15, 0.2) is 0 Å². The normalized spacial score (nSPS) is 12.2. The Bertz CT molecular complexity index is 601. The van der Waals surface area contributed by atoms with Crippen molar-refractivity contribution in [2.75, 3.05) is 5.32 Å². The van der Waals surface area contributed by atoms with E-state index in [1.807, 2.05) is 26.0 Å². The summed E-state index contributed by atoms with van der Waals surface area (Å²) >= 11 is 5.63. The van der Waals surface area contributed by atoms with Gasteiger partial charge < -0.3 is 10.4 Å². The molecule has 2 N–H and O–H groups in total. The third kappa shape index (κ3) is 3.18. The van der Waals surface area contributed by atoms with E-state index in [1.165, 1.54) is 12.1 Å². The van der Waals surface area contributed by atoms with Crippen LogP contribution in [-0.2, 0) is 0 Å². The second-order valence-corrected chi connectivity index (χ2v) is 4.96. The van der Waals surface area contributed by atoms with Crippen LogP contribution >= 0.6 is 11.6 Å². The molecule has 0 amide bonds. The van der Waals surface area contributed by atoms with Gasteiger partial charge in [-0.2, -0.15) is 0 Å². The van der Waals surface area contributed by atoms with E-state index in [4.69, 9.17) is 11.6 Å². The quantitative estimate of drug-likeness (QED) is 0.856. The number of phenols is 1. The first-order chi connectivity index (χ1) is 8.97. The van der Waals surface area contributed by atoms with Crippen LogP contribution in [0.25, 0.3) is 0 Å². The van der Waals surface area contributed by atoms with E-state index in [9.17, 15) is 9.50 Å². The molecule has 0 saturated carbocycles. The molecular formula is C15H15ClFNO. The molecule has 19 heavy (non-hydrogen) atoms. The molecule has 1 atom stereocenters. The molecule has 0 saturated heterocycles. The first-order valence-electron chi connectivity index (χ1n) is 5.98. The molecule has 0 aliphatic carbocycles. The Labute approximate surface area is 116 Å². The summed E-state index contributed by atoms with van der Waals surface area (Å²) in [4.78, 5) is 0. The molecule has 0 spiro atoms. The minimum atomic E-state index is -0.466. The standard InChI is InChI=1S/C15H15ClFNO/c1-9-3-5-12(15(19)7-9)10(2)18-11-4-6-13(16)14(17)8-11/h3-8,10,18-19H,1-2H3. The number of aryl methyl sites for hydroxylation is 1. The summed E-state index contributed by atoms with van der Waals surface area (Å²) in [6, 6.07) is 9.89. The van der Waals surface area contributed by atoms with Gasteiger partial charge in [-0.3, -0.25) is 0 Å². The Kier molecular flexibility index (Phi) is 3.96. The molecule has 0 heterocycles. The zero-order valence-corrected chi connectivity index (χ0v) is 11.5. The summed E-state index contributed by atoms with van der Waals surface area (Å²) < 4.78 is 13.3. The van der Waals surface area contributed by atoms with Crippen molar-refractivity contribution >= 4 is 17.3 Å². The minimum Gasteiger partial charge on any atom is -0.508 e. The third-order valence-corrected chi connectivity index (χ3v) is 3.26. The fraction of sp³-hybridized carbons (Fsp3) is 0.200. The predicted octanol–water partition coefficient (Wildman–Crippen LogP) is 4.67. The van der Waals surface area contributed by atoms with Crippen molar-refractivity contribution in [3.8, 4) is 5.75 Å². The largest absolute Gasteiger partial charge is 0.508 e. The zero-order valence-electron chi connectivity index (χ0n) is 10.7. The number of rotatable bonds is 3. The fourth-order valence-electron chi connectivity index (χ4n) is 1.93. The van der Waals surface area contributed by atoms with Crippen molar-refractivity contribution in [1.29, 1.82) is 0 Å². The molecule has 0 aromatic heterocycles. The molecule has 2 aromatic rings. The maximum atomic E-state index is 13.3. The second-order valence-electron chi connectivity index (χ2n) is 4.56. The lowest BCUT2D eigenvalue weighted by molar-refractivity contribution is 0.465. The van der Waals surface area contributed by atoms with Crippen molar-refractivity contribution in [3.63, 3.8) is 0 Å². The molecule has 1 unspecified atom stereocenters. The minimum absolute atomic E-state index is 0.0939. The monoisotopic (exact) mass is 279 g/mol. The molecule has 0 fully saturated rings. The lowest BCUT2D eigenvalue weighted by Crippen LogP contribution is -2.07. The van der Waals surface area contributed by atoms with Crippen LogP contribution in [0.2, 0.25) is 5.02 Å². The lowest BCUT2D eigenvalue weighted by atomic mass is 10.0. The molecular weight excluding hydrogens is 265 g/mol. The highest BCUT2D eigenvalue weighted by molar-refractivity contribution is 6.30. The predicted molar refractivity (Wildman–Crippen MR) is 76.3 cm³/mol. The van der Waals surface area contributed by atoms with Crippen molar-refractivity contribution < 1.29 is 9.50 Å². The van der Waals surface area contributed by atoms with Crippen molar-refractivity contribution in [3.05, 3.63) is 58.4 Å². The summed E-state index contributed by atoms with van der Waals surface area (Å²) in [7, 11) is 0. The van der Waals surface area contributed by atoms with Gasteiger partial charge in [-0.15, -0.1) is 0 Å². The van der Waals surface area contributed by atoms with Crippen LogP contribution in [0.5, 0.6) is 5.75 Å². The van der Waals surface area contributed by atoms with E-state index < -0.39 is 5.82 Å². The Morgan fingerprint density at radius 3 is 2.58 bits per heavy atom. The highest BCUT2D eigenvalue weighted by Crippen LogP contribution is 2.28. The van der Waals surface area contributed by atoms with Crippen LogP contribution in [-0.4, -0.2) is 5.11 Å². The number of hydrogen-bond donors (Lipinski definition) is 2. The fourth-order valence-corrected chi connectivity index (χ4v) is 2.05. The molecule has 4 heteroatoms. The third-order valence-electron chi connectivity index (χ3n) is 2.96. The van der Waals surface area contributed by atoms with E-state index in [1.54, 1.807) is 12.1 Å². The van der Waals surface area contributed by atoms with Crippen LogP contribution in [0.4, 0.5) is 10.1 Å². The Balaban J connectivity index is 2.20. The molecule has 0 bridgehead atoms. The first kappa shape index (κ1) is 13.7. The van der Waals surface area contributed by atoms with Crippen LogP contribution < -0.4 is 5.32 Å². The molecule has 100 valence electrons. The molecule has 2 rings (SSSR count). The molecule has 2 aromatic carbocycles. The Hall–Kier alpha value is -1.74. The van der Waals surface area contributed by atoms with E-state index in [2.05, 4.69) is 5.32 Å². The van der Waals surface area contributed by atoms with Crippen molar-refractivity contribution in [2.45, 2.75) is 19.9 Å². The van der Waals surface area contributed by atoms with Gasteiger partial charge in [0.2, 0.25) is 0 Å². The van der Waals surface area contributed by atoms with Crippen LogP contribution in [0, 0.1) is 12.7 Å². The first-order valence-corrected chi connectivity index (χ1v) is 6.36. The van der Waals surface area contributed by atoms with E-state index >= 15 is 0 Å². The van der Waals surface area contributed by atoms with Gasteiger partial charge in [0.25, 0.3) is 0 Å². The average Bonchev–Trinajstić information content (AvgIpc) is 2.33. The van der Waals surface area contributed by atoms with E-state index in [-0.39, 0.29) is 16.8 Å². The topological polar surface area (TPSA) is 32.3 Å². The Morgan fingerprint density at radius 1 is 1.21 bits per heavy atom. The number of nitrogens with one attached hydrogen (secondary N) is 1. The number of benzene rings is 2. The van der Waals surface area contributed by atoms with Gasteiger partial charge in [-0.25, -0.2) is 4.39 Å². The van der Waals surface area contributed by atoms with Crippen molar-refractivity contribution in [2.24, 2.45) is 0 Å². The van der Waals surface area contributed by atoms with E-state index in [0.29, 0.717) is 5.69 Å². The summed E-state index contributed by atoms with van der Waals surface area (Å²) in [5.74, 6) is -0.235. The van der Waals surface area contributed by atoms with Crippen LogP contribution in [0.3, 0.4) is 0 Å². The van der Waals surface area contributed by atoms with Gasteiger partial charge in [-0.05, 0) is 43.7 Å². The lowest BCUT2D eigenvalue weighted by Gasteiger charge is -2.17. The number of hydrogen-bond acceptors (Lipinski definition) is 2. The maximum absolute atomic E-state index is 13.3. The van der Waals surface area contributed by atoms with Crippen LogP contribution in [0.15, 0.2) is 36.4 Å². The van der Waals surface area contributed by atoms with Gasteiger partial charge in [0.1, 0.15) is 11.6 Å². The second kappa shape index (κ2) is 5.49. The number of anilines is 1. The number of phenolic OH excluding ortho intramolecular Hbond substituents is 1. The highest BCUT2D eigenvalue weighted by atomic mass is 35.5. The molecule has 0 aliphatic heterocycles. The van der Waals surface area contributed by atoms with Gasteiger partial charge in [-0.1, -0.05) is 23.7 Å². The smallest absolute Gasteiger partial charge is 0.143 e. The van der Waals surface area contributed by atoms with Crippen LogP contribution in [0.1, 0.15) is 24.1 Å². The van der Waals surface area contributed by atoms with Crippen molar-refractivity contribution in [1.82, 2.24) is 0 Å². The number of halogens is 2. The maximum Gasteiger partial charge on any atom is 0.143 e. The highest BCUT2D eigenvalue weighted by Gasteiger charge is 2.11. The Morgan fingerprint density at radius 2 is 1.95 bits per heavy atom. The summed E-state index contributed by atoms with van der Waals surface area (Å²) in [5, 5.41) is 13.1.